The molecule has 15 heavy (non-hydrogen) atoms. The van der Waals surface area contributed by atoms with Gasteiger partial charge in [0.05, 0.1) is 17.4 Å². The van der Waals surface area contributed by atoms with Gasteiger partial charge in [0.15, 0.2) is 0 Å². The largest absolute Gasteiger partial charge is 0.323 e. The summed E-state index contributed by atoms with van der Waals surface area (Å²) in [5, 5.41) is 19.0. The number of nitrogens with zero attached hydrogens (tertiary/aromatic N) is 2. The molecule has 0 amide bonds. The monoisotopic (exact) mass is 227 g/mol. The summed E-state index contributed by atoms with van der Waals surface area (Å²) >= 11 is 0. The van der Waals surface area contributed by atoms with Crippen LogP contribution in [0, 0.1) is 21.4 Å². The van der Waals surface area contributed by atoms with Gasteiger partial charge in [-0.15, -0.1) is 12.4 Å². The van der Waals surface area contributed by atoms with Crippen LogP contribution < -0.4 is 5.73 Å². The van der Waals surface area contributed by atoms with E-state index in [2.05, 4.69) is 0 Å². The van der Waals surface area contributed by atoms with Gasteiger partial charge in [-0.3, -0.25) is 10.1 Å². The molecule has 2 N–H and O–H groups in total. The van der Waals surface area contributed by atoms with Crippen LogP contribution in [-0.4, -0.2) is 4.92 Å². The highest BCUT2D eigenvalue weighted by Crippen LogP contribution is 2.24. The Hall–Kier alpha value is -1.64. The third-order valence-corrected chi connectivity index (χ3v) is 1.84. The first-order valence-corrected chi connectivity index (χ1v) is 4.02. The van der Waals surface area contributed by atoms with E-state index in [1.807, 2.05) is 6.07 Å². The first kappa shape index (κ1) is 13.4. The van der Waals surface area contributed by atoms with Gasteiger partial charge in [0.25, 0.3) is 5.69 Å². The fourth-order valence-corrected chi connectivity index (χ4v) is 1.18. The molecule has 0 aliphatic heterocycles. The zero-order chi connectivity index (χ0) is 10.6. The molecule has 1 rings (SSSR count). The van der Waals surface area contributed by atoms with Crippen LogP contribution in [0.3, 0.4) is 0 Å². The van der Waals surface area contributed by atoms with E-state index >= 15 is 0 Å². The van der Waals surface area contributed by atoms with Gasteiger partial charge in [-0.25, -0.2) is 0 Å². The molecule has 0 spiro atoms. The number of benzene rings is 1. The number of nitro groups is 1. The molecule has 0 aliphatic carbocycles. The van der Waals surface area contributed by atoms with E-state index in [4.69, 9.17) is 11.0 Å². The van der Waals surface area contributed by atoms with Crippen molar-refractivity contribution in [2.24, 2.45) is 5.73 Å². The fraction of sp³-hybridized carbons (Fsp3) is 0.222. The number of nitro benzene ring substituents is 1. The molecule has 0 saturated heterocycles. The SMILES string of the molecule is Cl.N#CC[C@@H](N)c1ccccc1[N+](=O)[O-]. The summed E-state index contributed by atoms with van der Waals surface area (Å²) in [5.74, 6) is 0. The van der Waals surface area contributed by atoms with Crippen LogP contribution in [0.15, 0.2) is 24.3 Å². The van der Waals surface area contributed by atoms with Crippen LogP contribution in [-0.2, 0) is 0 Å². The fourth-order valence-electron chi connectivity index (χ4n) is 1.18. The predicted octanol–water partition coefficient (Wildman–Crippen LogP) is 1.93. The highest BCUT2D eigenvalue weighted by atomic mass is 35.5. The molecule has 6 heteroatoms. The number of para-hydroxylation sites is 1. The smallest absolute Gasteiger partial charge is 0.274 e. The predicted molar refractivity (Wildman–Crippen MR) is 57.5 cm³/mol. The summed E-state index contributed by atoms with van der Waals surface area (Å²) < 4.78 is 0. The number of halogens is 1. The molecule has 5 nitrogen and oxygen atoms in total. The molecule has 1 aromatic rings. The molecule has 1 aromatic carbocycles. The topological polar surface area (TPSA) is 93.0 Å². The van der Waals surface area contributed by atoms with Crippen LogP contribution in [0.25, 0.3) is 0 Å². The third kappa shape index (κ3) is 3.20. The summed E-state index contributed by atoms with van der Waals surface area (Å²) in [6, 6.07) is 7.48. The Morgan fingerprint density at radius 2 is 2.13 bits per heavy atom. The first-order valence-electron chi connectivity index (χ1n) is 4.02. The highest BCUT2D eigenvalue weighted by molar-refractivity contribution is 5.85. The van der Waals surface area contributed by atoms with E-state index in [9.17, 15) is 10.1 Å². The normalized spacial score (nSPS) is 10.9. The molecule has 0 unspecified atom stereocenters. The van der Waals surface area contributed by atoms with Crippen molar-refractivity contribution >= 4 is 18.1 Å². The van der Waals surface area contributed by atoms with E-state index < -0.39 is 11.0 Å². The summed E-state index contributed by atoms with van der Waals surface area (Å²) in [4.78, 5) is 10.1. The van der Waals surface area contributed by atoms with E-state index in [0.717, 1.165) is 0 Å². The van der Waals surface area contributed by atoms with Crippen LogP contribution in [0.2, 0.25) is 0 Å². The van der Waals surface area contributed by atoms with Crippen molar-refractivity contribution in [3.05, 3.63) is 39.9 Å². The number of hydrogen-bond acceptors (Lipinski definition) is 4. The molecular weight excluding hydrogens is 218 g/mol. The second-order valence-corrected chi connectivity index (χ2v) is 2.78. The quantitative estimate of drug-likeness (QED) is 0.631. The Morgan fingerprint density at radius 1 is 1.53 bits per heavy atom. The van der Waals surface area contributed by atoms with Crippen molar-refractivity contribution in [2.75, 3.05) is 0 Å². The standard InChI is InChI=1S/C9H9N3O2.ClH/c10-6-5-8(11)7-3-1-2-4-9(7)12(13)14;/h1-4,8H,5,11H2;1H/t8-;/m1./s1. The lowest BCUT2D eigenvalue weighted by atomic mass is 10.0. The lowest BCUT2D eigenvalue weighted by Gasteiger charge is -2.07. The zero-order valence-electron chi connectivity index (χ0n) is 7.79. The molecule has 0 heterocycles. The Kier molecular flexibility index (Phi) is 5.31. The maximum atomic E-state index is 10.6. The van der Waals surface area contributed by atoms with Crippen molar-refractivity contribution < 1.29 is 4.92 Å². The number of nitriles is 1. The van der Waals surface area contributed by atoms with Crippen molar-refractivity contribution in [1.29, 1.82) is 5.26 Å². The lowest BCUT2D eigenvalue weighted by molar-refractivity contribution is -0.385. The number of hydrogen-bond donors (Lipinski definition) is 1. The van der Waals surface area contributed by atoms with Crippen molar-refractivity contribution in [2.45, 2.75) is 12.5 Å². The van der Waals surface area contributed by atoms with Gasteiger partial charge >= 0.3 is 0 Å². The van der Waals surface area contributed by atoms with Crippen molar-refractivity contribution in [3.8, 4) is 6.07 Å². The van der Waals surface area contributed by atoms with Crippen LogP contribution >= 0.6 is 12.4 Å². The van der Waals surface area contributed by atoms with E-state index in [1.165, 1.54) is 6.07 Å². The summed E-state index contributed by atoms with van der Waals surface area (Å²) in [7, 11) is 0. The molecule has 0 saturated carbocycles. The third-order valence-electron chi connectivity index (χ3n) is 1.84. The second kappa shape index (κ2) is 5.96. The Balaban J connectivity index is 0.00000196. The molecule has 1 atom stereocenters. The van der Waals surface area contributed by atoms with Gasteiger partial charge in [0, 0.05) is 17.7 Å². The van der Waals surface area contributed by atoms with Gasteiger partial charge in [0.1, 0.15) is 0 Å². The van der Waals surface area contributed by atoms with Gasteiger partial charge in [-0.2, -0.15) is 5.26 Å². The van der Waals surface area contributed by atoms with Gasteiger partial charge in [0.2, 0.25) is 0 Å². The second-order valence-electron chi connectivity index (χ2n) is 2.78. The van der Waals surface area contributed by atoms with Crippen molar-refractivity contribution in [1.82, 2.24) is 0 Å². The minimum absolute atomic E-state index is 0. The van der Waals surface area contributed by atoms with E-state index in [0.29, 0.717) is 5.56 Å². The first-order chi connectivity index (χ1) is 6.66. The van der Waals surface area contributed by atoms with E-state index in [-0.39, 0.29) is 24.5 Å². The summed E-state index contributed by atoms with van der Waals surface area (Å²) in [6.45, 7) is 0. The Morgan fingerprint density at radius 3 is 2.67 bits per heavy atom. The molecule has 0 fully saturated rings. The summed E-state index contributed by atoms with van der Waals surface area (Å²) in [5.41, 5.74) is 5.99. The minimum Gasteiger partial charge on any atom is -0.323 e. The molecule has 0 aliphatic rings. The van der Waals surface area contributed by atoms with Crippen LogP contribution in [0.1, 0.15) is 18.0 Å². The molecule has 0 aromatic heterocycles. The maximum Gasteiger partial charge on any atom is 0.274 e. The minimum atomic E-state index is -0.596. The average Bonchev–Trinajstić information content (AvgIpc) is 2.18. The Labute approximate surface area is 93.1 Å². The van der Waals surface area contributed by atoms with Crippen LogP contribution in [0.5, 0.6) is 0 Å². The maximum absolute atomic E-state index is 10.6. The molecule has 80 valence electrons. The van der Waals surface area contributed by atoms with Gasteiger partial charge < -0.3 is 5.73 Å². The average molecular weight is 228 g/mol. The van der Waals surface area contributed by atoms with Gasteiger partial charge in [-0.1, -0.05) is 18.2 Å². The molecular formula is C9H10ClN3O2. The van der Waals surface area contributed by atoms with Crippen molar-refractivity contribution in [3.63, 3.8) is 0 Å². The lowest BCUT2D eigenvalue weighted by Crippen LogP contribution is -2.11. The Bertz CT molecular complexity index is 389. The van der Waals surface area contributed by atoms with Gasteiger partial charge in [-0.05, 0) is 0 Å². The summed E-state index contributed by atoms with van der Waals surface area (Å²) in [6.07, 6.45) is 0.0743. The molecule has 0 radical (unpaired) electrons. The highest BCUT2D eigenvalue weighted by Gasteiger charge is 2.17. The molecule has 0 bridgehead atoms. The number of nitrogens with two attached hydrogens (primary N) is 1. The number of rotatable bonds is 3. The van der Waals surface area contributed by atoms with E-state index in [1.54, 1.807) is 18.2 Å². The zero-order valence-corrected chi connectivity index (χ0v) is 8.61. The van der Waals surface area contributed by atoms with Crippen LogP contribution in [0.4, 0.5) is 5.69 Å².